The third-order valence-corrected chi connectivity index (χ3v) is 5.31. The van der Waals surface area contributed by atoms with E-state index in [-0.39, 0.29) is 5.56 Å². The van der Waals surface area contributed by atoms with Crippen LogP contribution in [0, 0.1) is 0 Å². The highest BCUT2D eigenvalue weighted by molar-refractivity contribution is 7.97. The Labute approximate surface area is 178 Å². The largest absolute Gasteiger partial charge is 0.341 e. The lowest BCUT2D eigenvalue weighted by atomic mass is 10.0. The summed E-state index contributed by atoms with van der Waals surface area (Å²) >= 11 is 1.38. The van der Waals surface area contributed by atoms with Crippen molar-refractivity contribution >= 4 is 28.5 Å². The minimum absolute atomic E-state index is 0.155. The van der Waals surface area contributed by atoms with Crippen LogP contribution in [0.15, 0.2) is 83.3 Å². The van der Waals surface area contributed by atoms with Crippen LogP contribution < -0.4 is 15.6 Å². The van der Waals surface area contributed by atoms with Crippen molar-refractivity contribution in [1.29, 1.82) is 0 Å². The SMILES string of the molecule is C=C(NSc1ccn(C(C)C)n1)Nc1c(-c2cc[nH]c(=O)c2)ccc2ncccc12. The van der Waals surface area contributed by atoms with Crippen molar-refractivity contribution in [2.45, 2.75) is 24.9 Å². The first-order chi connectivity index (χ1) is 14.5. The van der Waals surface area contributed by atoms with E-state index in [9.17, 15) is 4.79 Å². The molecule has 0 aliphatic carbocycles. The number of hydrogen-bond acceptors (Lipinski definition) is 6. The van der Waals surface area contributed by atoms with E-state index in [2.05, 4.69) is 45.5 Å². The minimum Gasteiger partial charge on any atom is -0.341 e. The molecule has 0 amide bonds. The first-order valence-electron chi connectivity index (χ1n) is 9.52. The van der Waals surface area contributed by atoms with E-state index >= 15 is 0 Å². The predicted molar refractivity (Wildman–Crippen MR) is 122 cm³/mol. The number of anilines is 1. The van der Waals surface area contributed by atoms with Crippen molar-refractivity contribution in [2.75, 3.05) is 5.32 Å². The number of benzene rings is 1. The van der Waals surface area contributed by atoms with Gasteiger partial charge in [-0.1, -0.05) is 12.6 Å². The van der Waals surface area contributed by atoms with E-state index in [0.29, 0.717) is 11.9 Å². The molecule has 1 aromatic carbocycles. The van der Waals surface area contributed by atoms with E-state index in [1.807, 2.05) is 47.3 Å². The Morgan fingerprint density at radius 3 is 2.87 bits per heavy atom. The number of H-pyrrole nitrogens is 1. The smallest absolute Gasteiger partial charge is 0.248 e. The van der Waals surface area contributed by atoms with Crippen molar-refractivity contribution in [3.63, 3.8) is 0 Å². The van der Waals surface area contributed by atoms with Gasteiger partial charge in [0, 0.05) is 53.6 Å². The van der Waals surface area contributed by atoms with Crippen LogP contribution in [0.1, 0.15) is 19.9 Å². The molecular weight excluding hydrogens is 396 g/mol. The zero-order chi connectivity index (χ0) is 21.1. The number of aromatic amines is 1. The van der Waals surface area contributed by atoms with Crippen molar-refractivity contribution < 1.29 is 0 Å². The maximum absolute atomic E-state index is 11.8. The molecule has 30 heavy (non-hydrogen) atoms. The molecule has 0 bridgehead atoms. The Morgan fingerprint density at radius 1 is 1.23 bits per heavy atom. The third-order valence-electron chi connectivity index (χ3n) is 4.54. The van der Waals surface area contributed by atoms with Crippen LogP contribution in [0.25, 0.3) is 22.0 Å². The maximum atomic E-state index is 11.8. The monoisotopic (exact) mass is 418 g/mol. The summed E-state index contributed by atoms with van der Waals surface area (Å²) < 4.78 is 5.11. The van der Waals surface area contributed by atoms with Gasteiger partial charge < -0.3 is 15.0 Å². The van der Waals surface area contributed by atoms with E-state index in [4.69, 9.17) is 0 Å². The molecule has 8 heteroatoms. The number of pyridine rings is 2. The van der Waals surface area contributed by atoms with Gasteiger partial charge in [0.05, 0.1) is 11.2 Å². The summed E-state index contributed by atoms with van der Waals surface area (Å²) in [6.07, 6.45) is 5.35. The summed E-state index contributed by atoms with van der Waals surface area (Å²) in [6, 6.07) is 13.5. The normalized spacial score (nSPS) is 11.0. The van der Waals surface area contributed by atoms with Crippen molar-refractivity contribution in [1.82, 2.24) is 24.5 Å². The predicted octanol–water partition coefficient (Wildman–Crippen LogP) is 4.55. The molecule has 0 unspecified atom stereocenters. The molecule has 0 aliphatic rings. The minimum atomic E-state index is -0.155. The van der Waals surface area contributed by atoms with Gasteiger partial charge in [0.1, 0.15) is 10.8 Å². The number of fused-ring (bicyclic) bond motifs is 1. The van der Waals surface area contributed by atoms with Crippen molar-refractivity contribution in [2.24, 2.45) is 0 Å². The van der Waals surface area contributed by atoms with Gasteiger partial charge in [-0.15, -0.1) is 0 Å². The number of aromatic nitrogens is 4. The zero-order valence-electron chi connectivity index (χ0n) is 16.7. The number of nitrogens with zero attached hydrogens (tertiary/aromatic N) is 3. The Bertz CT molecular complexity index is 1260. The van der Waals surface area contributed by atoms with Gasteiger partial charge in [0.25, 0.3) is 0 Å². The standard InChI is InChI=1S/C22H22N6OS/c1-14(2)28-12-9-21(26-28)30-27-15(3)25-22-17(16-8-11-24-20(29)13-16)6-7-19-18(22)5-4-10-23-19/h4-14,25,27H,3H2,1-2H3,(H,24,29). The Kier molecular flexibility index (Phi) is 5.58. The van der Waals surface area contributed by atoms with Gasteiger partial charge >= 0.3 is 0 Å². The average molecular weight is 419 g/mol. The summed E-state index contributed by atoms with van der Waals surface area (Å²) in [6.45, 7) is 8.27. The molecule has 0 spiro atoms. The fourth-order valence-corrected chi connectivity index (χ4v) is 3.64. The average Bonchev–Trinajstić information content (AvgIpc) is 3.22. The Hall–Kier alpha value is -3.52. The summed E-state index contributed by atoms with van der Waals surface area (Å²) in [5.74, 6) is 0.599. The molecule has 0 fully saturated rings. The first-order valence-corrected chi connectivity index (χ1v) is 10.3. The van der Waals surface area contributed by atoms with Crippen molar-refractivity contribution in [3.8, 4) is 11.1 Å². The summed E-state index contributed by atoms with van der Waals surface area (Å²) in [5, 5.41) is 9.66. The fraction of sp³-hybridized carbons (Fsp3) is 0.136. The number of nitrogens with one attached hydrogen (secondary N) is 3. The van der Waals surface area contributed by atoms with Gasteiger partial charge in [0.15, 0.2) is 0 Å². The molecule has 3 N–H and O–H groups in total. The second-order valence-electron chi connectivity index (χ2n) is 7.04. The highest BCUT2D eigenvalue weighted by Crippen LogP contribution is 2.34. The topological polar surface area (TPSA) is 87.6 Å². The molecule has 3 heterocycles. The highest BCUT2D eigenvalue weighted by Gasteiger charge is 2.12. The van der Waals surface area contributed by atoms with Crippen LogP contribution >= 0.6 is 11.9 Å². The second-order valence-corrected chi connectivity index (χ2v) is 7.86. The number of hydrogen-bond donors (Lipinski definition) is 3. The van der Waals surface area contributed by atoms with Crippen LogP contribution in [0.3, 0.4) is 0 Å². The molecule has 0 atom stereocenters. The molecule has 3 aromatic heterocycles. The molecule has 0 aliphatic heterocycles. The van der Waals surface area contributed by atoms with Crippen LogP contribution in [0.4, 0.5) is 5.69 Å². The molecule has 7 nitrogen and oxygen atoms in total. The summed E-state index contributed by atoms with van der Waals surface area (Å²) in [7, 11) is 0. The maximum Gasteiger partial charge on any atom is 0.248 e. The van der Waals surface area contributed by atoms with Gasteiger partial charge in [-0.25, -0.2) is 0 Å². The quantitative estimate of drug-likeness (QED) is 0.382. The third kappa shape index (κ3) is 4.23. The molecule has 0 saturated carbocycles. The van der Waals surface area contributed by atoms with Gasteiger partial charge in [-0.3, -0.25) is 14.5 Å². The molecule has 4 rings (SSSR count). The zero-order valence-corrected chi connectivity index (χ0v) is 17.5. The molecule has 152 valence electrons. The van der Waals surface area contributed by atoms with Crippen molar-refractivity contribution in [3.05, 3.63) is 83.8 Å². The lowest BCUT2D eigenvalue weighted by Crippen LogP contribution is -2.13. The Morgan fingerprint density at radius 2 is 2.10 bits per heavy atom. The van der Waals surface area contributed by atoms with Gasteiger partial charge in [-0.2, -0.15) is 5.10 Å². The highest BCUT2D eigenvalue weighted by atomic mass is 32.2. The van der Waals surface area contributed by atoms with E-state index in [1.165, 1.54) is 11.9 Å². The first kappa shape index (κ1) is 19.8. The Balaban J connectivity index is 1.62. The van der Waals surface area contributed by atoms with Crippen LogP contribution in [-0.2, 0) is 0 Å². The lowest BCUT2D eigenvalue weighted by molar-refractivity contribution is 0.522. The molecule has 0 radical (unpaired) electrons. The van der Waals surface area contributed by atoms with Crippen LogP contribution in [0.5, 0.6) is 0 Å². The molecule has 0 saturated heterocycles. The van der Waals surface area contributed by atoms with Crippen LogP contribution in [-0.4, -0.2) is 19.7 Å². The van der Waals surface area contributed by atoms with Crippen LogP contribution in [0.2, 0.25) is 0 Å². The van der Waals surface area contributed by atoms with E-state index in [1.54, 1.807) is 18.5 Å². The van der Waals surface area contributed by atoms with Gasteiger partial charge in [-0.05, 0) is 49.7 Å². The van der Waals surface area contributed by atoms with E-state index < -0.39 is 0 Å². The van der Waals surface area contributed by atoms with E-state index in [0.717, 1.165) is 32.7 Å². The number of rotatable bonds is 7. The summed E-state index contributed by atoms with van der Waals surface area (Å²) in [5.41, 5.74) is 3.22. The second kappa shape index (κ2) is 8.46. The summed E-state index contributed by atoms with van der Waals surface area (Å²) in [4.78, 5) is 18.9. The lowest BCUT2D eigenvalue weighted by Gasteiger charge is -2.17. The molecular formula is C22H22N6OS. The fourth-order valence-electron chi connectivity index (χ4n) is 3.09. The molecule has 4 aromatic rings. The van der Waals surface area contributed by atoms with Gasteiger partial charge in [0.2, 0.25) is 5.56 Å².